The smallest absolute Gasteiger partial charge is 0.262 e. The number of hydrogen-bond acceptors (Lipinski definition) is 5. The normalized spacial score (nSPS) is 17.7. The quantitative estimate of drug-likeness (QED) is 0.784. The van der Waals surface area contributed by atoms with E-state index < -0.39 is 15.8 Å². The van der Waals surface area contributed by atoms with E-state index in [1.165, 1.54) is 31.4 Å². The fourth-order valence-corrected chi connectivity index (χ4v) is 4.08. The number of rotatable bonds is 6. The lowest BCUT2D eigenvalue weighted by atomic mass is 10.3. The molecule has 2 aromatic rings. The average molecular weight is 415 g/mol. The minimum absolute atomic E-state index is 0.00459. The van der Waals surface area contributed by atoms with Gasteiger partial charge in [-0.25, -0.2) is 12.8 Å². The molecule has 6 nitrogen and oxygen atoms in total. The summed E-state index contributed by atoms with van der Waals surface area (Å²) in [4.78, 5) is 1.93. The van der Waals surface area contributed by atoms with Crippen molar-refractivity contribution in [3.05, 3.63) is 47.2 Å². The highest BCUT2D eigenvalue weighted by molar-refractivity contribution is 7.92. The number of anilines is 1. The Bertz CT molecular complexity index is 939. The molecule has 1 aliphatic heterocycles. The Hall–Kier alpha value is -2.03. The van der Waals surface area contributed by atoms with Crippen LogP contribution in [0.4, 0.5) is 10.1 Å². The first-order chi connectivity index (χ1) is 12.8. The average Bonchev–Trinajstić information content (AvgIpc) is 3.02. The number of nitrogens with one attached hydrogen (secondary N) is 1. The molecule has 9 heteroatoms. The molecule has 1 atom stereocenters. The van der Waals surface area contributed by atoms with Gasteiger partial charge in [-0.05, 0) is 43.8 Å². The van der Waals surface area contributed by atoms with Crippen LogP contribution in [0.3, 0.4) is 0 Å². The Morgan fingerprint density at radius 1 is 1.22 bits per heavy atom. The van der Waals surface area contributed by atoms with Gasteiger partial charge in [-0.2, -0.15) is 0 Å². The molecule has 0 saturated carbocycles. The van der Waals surface area contributed by atoms with Crippen molar-refractivity contribution in [2.24, 2.45) is 0 Å². The van der Waals surface area contributed by atoms with Gasteiger partial charge in [0.25, 0.3) is 10.0 Å². The van der Waals surface area contributed by atoms with Crippen LogP contribution >= 0.6 is 11.6 Å². The van der Waals surface area contributed by atoms with Gasteiger partial charge < -0.3 is 14.4 Å². The molecule has 1 N–H and O–H groups in total. The number of benzene rings is 2. The van der Waals surface area contributed by atoms with E-state index in [2.05, 4.69) is 9.62 Å². The molecule has 3 rings (SSSR count). The van der Waals surface area contributed by atoms with E-state index in [0.29, 0.717) is 10.8 Å². The molecule has 0 spiro atoms. The third-order valence-electron chi connectivity index (χ3n) is 4.26. The van der Waals surface area contributed by atoms with Gasteiger partial charge in [-0.15, -0.1) is 0 Å². The first-order valence-electron chi connectivity index (χ1n) is 8.29. The molecular formula is C18H20ClFN2O4S. The van der Waals surface area contributed by atoms with Crippen molar-refractivity contribution in [2.45, 2.75) is 17.4 Å². The molecule has 27 heavy (non-hydrogen) atoms. The van der Waals surface area contributed by atoms with Gasteiger partial charge in [-0.1, -0.05) is 11.6 Å². The number of nitrogens with zero attached hydrogens (tertiary/aromatic N) is 1. The topological polar surface area (TPSA) is 67.9 Å². The maximum absolute atomic E-state index is 13.8. The van der Waals surface area contributed by atoms with Crippen LogP contribution in [0, 0.1) is 5.82 Å². The van der Waals surface area contributed by atoms with E-state index in [1.807, 2.05) is 7.05 Å². The number of sulfonamides is 1. The SMILES string of the molecule is COc1ccc(S(=O)(=O)Nc2ccc(Cl)c(OC3CCN(C)C3)c2)cc1F. The number of likely N-dealkylation sites (tertiary alicyclic amines) is 1. The van der Waals surface area contributed by atoms with E-state index in [0.717, 1.165) is 25.6 Å². The second kappa shape index (κ2) is 7.92. The van der Waals surface area contributed by atoms with Gasteiger partial charge in [0.2, 0.25) is 0 Å². The lowest BCUT2D eigenvalue weighted by Crippen LogP contribution is -2.21. The van der Waals surface area contributed by atoms with Crippen LogP contribution in [-0.4, -0.2) is 46.7 Å². The highest BCUT2D eigenvalue weighted by Crippen LogP contribution is 2.31. The zero-order valence-electron chi connectivity index (χ0n) is 14.9. The summed E-state index contributed by atoms with van der Waals surface area (Å²) in [6.45, 7) is 1.70. The van der Waals surface area contributed by atoms with Crippen LogP contribution in [0.1, 0.15) is 6.42 Å². The standard InChI is InChI=1S/C18H20ClFN2O4S/c1-22-8-7-13(11-22)26-18-9-12(3-5-15(18)19)21-27(23,24)14-4-6-17(25-2)16(20)10-14/h3-6,9-10,13,21H,7-8,11H2,1-2H3. The van der Waals surface area contributed by atoms with Crippen LogP contribution in [-0.2, 0) is 10.0 Å². The van der Waals surface area contributed by atoms with Gasteiger partial charge in [0.05, 0.1) is 22.7 Å². The summed E-state index contributed by atoms with van der Waals surface area (Å²) in [7, 11) is -0.668. The Balaban J connectivity index is 1.80. The molecule has 1 unspecified atom stereocenters. The van der Waals surface area contributed by atoms with Crippen LogP contribution in [0.5, 0.6) is 11.5 Å². The maximum atomic E-state index is 13.8. The van der Waals surface area contributed by atoms with E-state index in [-0.39, 0.29) is 22.4 Å². The van der Waals surface area contributed by atoms with Crippen LogP contribution in [0.25, 0.3) is 0 Å². The molecule has 1 fully saturated rings. The van der Waals surface area contributed by atoms with Crippen molar-refractivity contribution in [2.75, 3.05) is 32.0 Å². The number of methoxy groups -OCH3 is 1. The van der Waals surface area contributed by atoms with Gasteiger partial charge in [-0.3, -0.25) is 4.72 Å². The summed E-state index contributed by atoms with van der Waals surface area (Å²) >= 11 is 6.17. The number of halogens is 2. The Kier molecular flexibility index (Phi) is 5.78. The molecule has 2 aromatic carbocycles. The third-order valence-corrected chi connectivity index (χ3v) is 5.95. The molecule has 1 heterocycles. The van der Waals surface area contributed by atoms with Gasteiger partial charge >= 0.3 is 0 Å². The van der Waals surface area contributed by atoms with Crippen molar-refractivity contribution >= 4 is 27.3 Å². The molecular weight excluding hydrogens is 395 g/mol. The molecule has 0 amide bonds. The van der Waals surface area contributed by atoms with E-state index in [9.17, 15) is 12.8 Å². The second-order valence-corrected chi connectivity index (χ2v) is 8.43. The molecule has 146 valence electrons. The van der Waals surface area contributed by atoms with E-state index >= 15 is 0 Å². The lowest BCUT2D eigenvalue weighted by Gasteiger charge is -2.16. The van der Waals surface area contributed by atoms with Crippen LogP contribution < -0.4 is 14.2 Å². The molecule has 1 saturated heterocycles. The lowest BCUT2D eigenvalue weighted by molar-refractivity contribution is 0.208. The van der Waals surface area contributed by atoms with Gasteiger partial charge in [0, 0.05) is 19.2 Å². The maximum Gasteiger partial charge on any atom is 0.262 e. The zero-order valence-corrected chi connectivity index (χ0v) is 16.5. The predicted molar refractivity (Wildman–Crippen MR) is 102 cm³/mol. The fraction of sp³-hybridized carbons (Fsp3) is 0.333. The summed E-state index contributed by atoms with van der Waals surface area (Å²) in [6, 6.07) is 8.04. The van der Waals surface area contributed by atoms with Crippen LogP contribution in [0.15, 0.2) is 41.3 Å². The number of hydrogen-bond donors (Lipinski definition) is 1. The number of likely N-dealkylation sites (N-methyl/N-ethyl adjacent to an activating group) is 1. The Morgan fingerprint density at radius 2 is 2.00 bits per heavy atom. The Morgan fingerprint density at radius 3 is 2.63 bits per heavy atom. The summed E-state index contributed by atoms with van der Waals surface area (Å²) < 4.78 is 52.0. The zero-order chi connectivity index (χ0) is 19.6. The summed E-state index contributed by atoms with van der Waals surface area (Å²) in [5, 5.41) is 0.392. The van der Waals surface area contributed by atoms with Gasteiger partial charge in [0.15, 0.2) is 11.6 Å². The summed E-state index contributed by atoms with van der Waals surface area (Å²) in [6.07, 6.45) is 0.864. The highest BCUT2D eigenvalue weighted by atomic mass is 35.5. The summed E-state index contributed by atoms with van der Waals surface area (Å²) in [5.41, 5.74) is 0.275. The largest absolute Gasteiger partial charge is 0.494 e. The van der Waals surface area contributed by atoms with E-state index in [1.54, 1.807) is 6.07 Å². The minimum Gasteiger partial charge on any atom is -0.494 e. The van der Waals surface area contributed by atoms with Crippen molar-refractivity contribution < 1.29 is 22.3 Å². The molecule has 0 aromatic heterocycles. The van der Waals surface area contributed by atoms with Crippen LogP contribution in [0.2, 0.25) is 5.02 Å². The summed E-state index contributed by atoms with van der Waals surface area (Å²) in [5.74, 6) is -0.387. The van der Waals surface area contributed by atoms with Crippen molar-refractivity contribution in [1.29, 1.82) is 0 Å². The Labute approximate surface area is 162 Å². The molecule has 0 radical (unpaired) electrons. The fourth-order valence-electron chi connectivity index (χ4n) is 2.86. The third kappa shape index (κ3) is 4.63. The molecule has 1 aliphatic rings. The minimum atomic E-state index is -3.98. The van der Waals surface area contributed by atoms with E-state index in [4.69, 9.17) is 21.1 Å². The predicted octanol–water partition coefficient (Wildman–Crippen LogP) is 3.37. The van der Waals surface area contributed by atoms with Crippen molar-refractivity contribution in [3.8, 4) is 11.5 Å². The van der Waals surface area contributed by atoms with Gasteiger partial charge in [0.1, 0.15) is 11.9 Å². The number of ether oxygens (including phenoxy) is 2. The first kappa shape index (κ1) is 19.7. The monoisotopic (exact) mass is 414 g/mol. The van der Waals surface area contributed by atoms with Crippen molar-refractivity contribution in [3.63, 3.8) is 0 Å². The first-order valence-corrected chi connectivity index (χ1v) is 10.2. The highest BCUT2D eigenvalue weighted by Gasteiger charge is 2.22. The van der Waals surface area contributed by atoms with Crippen molar-refractivity contribution in [1.82, 2.24) is 4.90 Å². The molecule has 0 bridgehead atoms. The second-order valence-electron chi connectivity index (χ2n) is 6.34. The molecule has 0 aliphatic carbocycles.